The number of rotatable bonds is 3. The van der Waals surface area contributed by atoms with E-state index in [-0.39, 0.29) is 17.0 Å². The Hall–Kier alpha value is -2.71. The van der Waals surface area contributed by atoms with E-state index in [4.69, 9.17) is 5.73 Å². The Bertz CT molecular complexity index is 1290. The molecule has 3 heterocycles. The molecule has 2 atom stereocenters. The summed E-state index contributed by atoms with van der Waals surface area (Å²) >= 11 is 0. The Balaban J connectivity index is 1.75. The number of aryl methyl sites for hydroxylation is 1. The molecule has 0 unspecified atom stereocenters. The molecular formula is C20H21N5O2S. The molecule has 0 saturated heterocycles. The molecule has 1 fully saturated rings. The van der Waals surface area contributed by atoms with E-state index in [0.717, 1.165) is 41.5 Å². The van der Waals surface area contributed by atoms with E-state index in [2.05, 4.69) is 14.5 Å². The minimum Gasteiger partial charge on any atom is -0.328 e. The second kappa shape index (κ2) is 6.15. The zero-order chi connectivity index (χ0) is 19.5. The summed E-state index contributed by atoms with van der Waals surface area (Å²) in [4.78, 5) is 9.34. The lowest BCUT2D eigenvalue weighted by atomic mass is 10.2. The maximum atomic E-state index is 13.1. The highest BCUT2D eigenvalue weighted by Crippen LogP contribution is 2.36. The Morgan fingerprint density at radius 1 is 1.14 bits per heavy atom. The van der Waals surface area contributed by atoms with Crippen molar-refractivity contribution in [1.82, 2.24) is 18.5 Å². The number of benzene rings is 1. The van der Waals surface area contributed by atoms with Gasteiger partial charge in [0.05, 0.1) is 16.6 Å². The van der Waals surface area contributed by atoms with Crippen molar-refractivity contribution < 1.29 is 8.42 Å². The van der Waals surface area contributed by atoms with Crippen LogP contribution in [0.15, 0.2) is 53.7 Å². The van der Waals surface area contributed by atoms with E-state index < -0.39 is 10.0 Å². The first-order valence-corrected chi connectivity index (χ1v) is 10.8. The summed E-state index contributed by atoms with van der Waals surface area (Å²) in [6.07, 6.45) is 6.13. The van der Waals surface area contributed by atoms with E-state index in [1.807, 2.05) is 13.0 Å². The molecule has 3 aromatic heterocycles. The van der Waals surface area contributed by atoms with Crippen molar-refractivity contribution in [2.45, 2.75) is 43.2 Å². The van der Waals surface area contributed by atoms with Gasteiger partial charge in [-0.3, -0.25) is 0 Å². The number of hydrogen-bond donors (Lipinski definition) is 1. The topological polar surface area (TPSA) is 95.8 Å². The predicted molar refractivity (Wildman–Crippen MR) is 108 cm³/mol. The van der Waals surface area contributed by atoms with Gasteiger partial charge in [0.15, 0.2) is 5.65 Å². The molecule has 7 nitrogen and oxygen atoms in total. The maximum Gasteiger partial charge on any atom is 0.269 e. The Labute approximate surface area is 162 Å². The van der Waals surface area contributed by atoms with Gasteiger partial charge in [-0.1, -0.05) is 18.2 Å². The summed E-state index contributed by atoms with van der Waals surface area (Å²) in [5, 5.41) is 0.790. The first-order chi connectivity index (χ1) is 13.5. The molecule has 1 saturated carbocycles. The summed E-state index contributed by atoms with van der Waals surface area (Å²) in [5.41, 5.74) is 8.26. The van der Waals surface area contributed by atoms with Crippen molar-refractivity contribution in [3.8, 4) is 0 Å². The summed E-state index contributed by atoms with van der Waals surface area (Å²) in [6.45, 7) is 1.98. The molecule has 5 rings (SSSR count). The number of hydrogen-bond acceptors (Lipinski definition) is 5. The van der Waals surface area contributed by atoms with Crippen molar-refractivity contribution in [3.05, 3.63) is 54.6 Å². The van der Waals surface area contributed by atoms with Crippen molar-refractivity contribution in [3.63, 3.8) is 0 Å². The minimum atomic E-state index is -3.72. The van der Waals surface area contributed by atoms with E-state index in [9.17, 15) is 8.42 Å². The van der Waals surface area contributed by atoms with Gasteiger partial charge in [-0.05, 0) is 44.4 Å². The second-order valence-corrected chi connectivity index (χ2v) is 9.23. The Morgan fingerprint density at radius 3 is 2.64 bits per heavy atom. The van der Waals surface area contributed by atoms with Crippen LogP contribution in [0.5, 0.6) is 0 Å². The average molecular weight is 395 g/mol. The molecule has 8 heteroatoms. The lowest BCUT2D eigenvalue weighted by Crippen LogP contribution is -2.16. The van der Waals surface area contributed by atoms with Crippen LogP contribution in [0, 0.1) is 6.92 Å². The third-order valence-corrected chi connectivity index (χ3v) is 7.30. The van der Waals surface area contributed by atoms with Crippen molar-refractivity contribution in [1.29, 1.82) is 0 Å². The summed E-state index contributed by atoms with van der Waals surface area (Å²) in [5.74, 6) is 0.905. The van der Waals surface area contributed by atoms with Crippen LogP contribution >= 0.6 is 0 Å². The van der Waals surface area contributed by atoms with E-state index in [0.29, 0.717) is 5.65 Å². The van der Waals surface area contributed by atoms with Crippen LogP contribution in [0.4, 0.5) is 0 Å². The van der Waals surface area contributed by atoms with Crippen LogP contribution < -0.4 is 5.73 Å². The Kier molecular flexibility index (Phi) is 3.82. The molecule has 144 valence electrons. The van der Waals surface area contributed by atoms with Crippen LogP contribution in [0.3, 0.4) is 0 Å². The van der Waals surface area contributed by atoms with Gasteiger partial charge in [-0.2, -0.15) is 0 Å². The van der Waals surface area contributed by atoms with Gasteiger partial charge in [0.25, 0.3) is 10.0 Å². The van der Waals surface area contributed by atoms with Gasteiger partial charge in [0.2, 0.25) is 0 Å². The highest BCUT2D eigenvalue weighted by Gasteiger charge is 2.28. The van der Waals surface area contributed by atoms with Crippen LogP contribution in [0.1, 0.15) is 31.1 Å². The molecule has 0 amide bonds. The molecule has 4 aromatic rings. The molecule has 1 aromatic carbocycles. The van der Waals surface area contributed by atoms with Gasteiger partial charge < -0.3 is 10.3 Å². The van der Waals surface area contributed by atoms with Crippen molar-refractivity contribution in [2.75, 3.05) is 0 Å². The molecule has 28 heavy (non-hydrogen) atoms. The molecule has 0 aliphatic heterocycles. The zero-order valence-electron chi connectivity index (χ0n) is 15.5. The van der Waals surface area contributed by atoms with Gasteiger partial charge in [0, 0.05) is 23.7 Å². The van der Waals surface area contributed by atoms with E-state index >= 15 is 0 Å². The largest absolute Gasteiger partial charge is 0.328 e. The fourth-order valence-corrected chi connectivity index (χ4v) is 5.66. The number of aromatic nitrogens is 4. The standard InChI is InChI=1S/C20H21N5O2S/c1-13-23-18-12-22-20-17(19(18)25(13)15-8-7-14(21)11-15)9-10-24(20)28(26,27)16-5-3-2-4-6-16/h2-6,9-10,12,14-15H,7-8,11,21H2,1H3/t14-,15-/m1/s1. The quantitative estimate of drug-likeness (QED) is 0.575. The molecule has 0 bridgehead atoms. The van der Waals surface area contributed by atoms with Gasteiger partial charge in [-0.25, -0.2) is 22.4 Å². The Morgan fingerprint density at radius 2 is 1.93 bits per heavy atom. The minimum absolute atomic E-state index is 0.197. The maximum absolute atomic E-state index is 13.1. The van der Waals surface area contributed by atoms with Crippen LogP contribution in [-0.4, -0.2) is 33.0 Å². The monoisotopic (exact) mass is 395 g/mol. The van der Waals surface area contributed by atoms with Crippen LogP contribution in [0.25, 0.3) is 22.1 Å². The molecule has 2 N–H and O–H groups in total. The fraction of sp³-hybridized carbons (Fsp3) is 0.300. The average Bonchev–Trinajstić information content (AvgIpc) is 3.38. The van der Waals surface area contributed by atoms with Crippen molar-refractivity contribution in [2.24, 2.45) is 5.73 Å². The SMILES string of the molecule is Cc1nc2cnc3c(ccn3S(=O)(=O)c3ccccc3)c2n1[C@@H]1CC[C@@H](N)C1. The third kappa shape index (κ3) is 2.48. The molecule has 1 aliphatic carbocycles. The lowest BCUT2D eigenvalue weighted by molar-refractivity contribution is 0.512. The first kappa shape index (κ1) is 17.4. The number of pyridine rings is 1. The highest BCUT2D eigenvalue weighted by atomic mass is 32.2. The highest BCUT2D eigenvalue weighted by molar-refractivity contribution is 7.90. The lowest BCUT2D eigenvalue weighted by Gasteiger charge is -2.15. The normalized spacial score (nSPS) is 20.4. The number of fused-ring (bicyclic) bond motifs is 3. The van der Waals surface area contributed by atoms with Crippen LogP contribution in [-0.2, 0) is 10.0 Å². The number of nitrogens with two attached hydrogens (primary N) is 1. The predicted octanol–water partition coefficient (Wildman–Crippen LogP) is 2.98. The molecule has 0 radical (unpaired) electrons. The smallest absolute Gasteiger partial charge is 0.269 e. The summed E-state index contributed by atoms with van der Waals surface area (Å²) < 4.78 is 29.7. The van der Waals surface area contributed by atoms with Gasteiger partial charge in [-0.15, -0.1) is 0 Å². The third-order valence-electron chi connectivity index (χ3n) is 5.62. The zero-order valence-corrected chi connectivity index (χ0v) is 16.3. The fourth-order valence-electron chi connectivity index (χ4n) is 4.34. The van der Waals surface area contributed by atoms with Gasteiger partial charge >= 0.3 is 0 Å². The van der Waals surface area contributed by atoms with Crippen molar-refractivity contribution >= 4 is 32.1 Å². The number of nitrogens with zero attached hydrogens (tertiary/aromatic N) is 4. The van der Waals surface area contributed by atoms with E-state index in [1.165, 1.54) is 3.97 Å². The molecule has 1 aliphatic rings. The summed E-state index contributed by atoms with van der Waals surface area (Å²) in [7, 11) is -3.72. The van der Waals surface area contributed by atoms with Crippen LogP contribution in [0.2, 0.25) is 0 Å². The molecular weight excluding hydrogens is 374 g/mol. The summed E-state index contributed by atoms with van der Waals surface area (Å²) in [6, 6.07) is 10.7. The van der Waals surface area contributed by atoms with E-state index in [1.54, 1.807) is 42.7 Å². The first-order valence-electron chi connectivity index (χ1n) is 9.37. The second-order valence-electron chi connectivity index (χ2n) is 7.41. The van der Waals surface area contributed by atoms with Gasteiger partial charge in [0.1, 0.15) is 11.3 Å². The number of imidazole rings is 1. The molecule has 0 spiro atoms.